The lowest BCUT2D eigenvalue weighted by Gasteiger charge is -2.49. The number of nitrogens with zero attached hydrogens (tertiary/aromatic N) is 4. The van der Waals surface area contributed by atoms with E-state index in [-0.39, 0.29) is 18.4 Å². The third kappa shape index (κ3) is 5.32. The number of nitrogens with one attached hydrogen (secondary N) is 3. The summed E-state index contributed by atoms with van der Waals surface area (Å²) in [4.78, 5) is 29.7. The van der Waals surface area contributed by atoms with Crippen molar-refractivity contribution in [1.82, 2.24) is 35.6 Å². The number of fused-ring (bicyclic) bond motifs is 1. The molecule has 1 aromatic heterocycles. The molecule has 2 heterocycles. The molecular formula is C24H25Cl2N7O4S. The molecule has 200 valence electrons. The summed E-state index contributed by atoms with van der Waals surface area (Å²) >= 11 is 10.6. The van der Waals surface area contributed by atoms with Crippen LogP contribution in [0.15, 0.2) is 42.5 Å². The highest BCUT2D eigenvalue weighted by Gasteiger charge is 2.49. The first-order chi connectivity index (χ1) is 18.3. The van der Waals surface area contributed by atoms with Crippen molar-refractivity contribution in [3.63, 3.8) is 0 Å². The van der Waals surface area contributed by atoms with Crippen LogP contribution in [0.1, 0.15) is 65.0 Å². The second-order valence-electron chi connectivity index (χ2n) is 9.26. The number of benzene rings is 2. The normalized spacial score (nSPS) is 24.1. The van der Waals surface area contributed by atoms with E-state index in [0.29, 0.717) is 45.4 Å². The summed E-state index contributed by atoms with van der Waals surface area (Å²) in [6.45, 7) is 0.0279. The van der Waals surface area contributed by atoms with Crippen LogP contribution >= 0.6 is 23.2 Å². The number of hydrogen-bond acceptors (Lipinski definition) is 6. The molecule has 1 fully saturated rings. The molecule has 1 aliphatic carbocycles. The van der Waals surface area contributed by atoms with Crippen molar-refractivity contribution in [2.45, 2.75) is 56.3 Å². The van der Waals surface area contributed by atoms with Crippen LogP contribution in [-0.2, 0) is 22.6 Å². The summed E-state index contributed by atoms with van der Waals surface area (Å²) in [5.74, 6) is -1.18. The highest BCUT2D eigenvalue weighted by molar-refractivity contribution is 7.77. The van der Waals surface area contributed by atoms with Gasteiger partial charge in [-0.25, -0.2) is 8.93 Å². The topological polar surface area (TPSA) is 153 Å². The zero-order chi connectivity index (χ0) is 26.8. The number of rotatable bonds is 7. The molecular weight excluding hydrogens is 553 g/mol. The Hall–Kier alpha value is -2.90. The van der Waals surface area contributed by atoms with Gasteiger partial charge in [0.1, 0.15) is 0 Å². The van der Waals surface area contributed by atoms with Gasteiger partial charge in [0.05, 0.1) is 18.5 Å². The SMILES string of the molecule is O=C(NCc1nn[nH]n1)[C@@H]1c2ccccc2C(=O)N(C2CCCC[C@@H]2NS(=O)O)[C@H]1c1ccc(Cl)cc1Cl. The van der Waals surface area contributed by atoms with Gasteiger partial charge in [0.2, 0.25) is 17.2 Å². The molecule has 1 saturated carbocycles. The van der Waals surface area contributed by atoms with Gasteiger partial charge in [-0.3, -0.25) is 14.1 Å². The largest absolute Gasteiger partial charge is 0.348 e. The standard InChI is InChI=1S/C24H25Cl2N7O4S/c25-13-9-10-16(17(26)11-13)22-21(23(34)27-12-20-28-31-32-29-20)14-5-1-2-6-15(14)24(35)33(22)19-8-4-3-7-18(19)30-38(36)37/h1-2,5-6,9-11,18-19,21-22,30H,3-4,7-8,12H2,(H,27,34)(H,36,37)(H,28,29,31,32)/t18-,19?,21+,22-/m0/s1. The van der Waals surface area contributed by atoms with Crippen molar-refractivity contribution in [2.75, 3.05) is 0 Å². The first-order valence-electron chi connectivity index (χ1n) is 12.1. The Morgan fingerprint density at radius 3 is 2.68 bits per heavy atom. The number of carbonyl (C=O) groups excluding carboxylic acids is 2. The highest BCUT2D eigenvalue weighted by atomic mass is 35.5. The Kier molecular flexibility index (Phi) is 8.05. The average Bonchev–Trinajstić information content (AvgIpc) is 3.42. The highest BCUT2D eigenvalue weighted by Crippen LogP contribution is 2.47. The fraction of sp³-hybridized carbons (Fsp3) is 0.375. The van der Waals surface area contributed by atoms with Gasteiger partial charge in [-0.05, 0) is 42.2 Å². The lowest BCUT2D eigenvalue weighted by molar-refractivity contribution is -0.124. The molecule has 4 N–H and O–H groups in total. The minimum absolute atomic E-state index is 0.0279. The lowest BCUT2D eigenvalue weighted by Crippen LogP contribution is -2.58. The van der Waals surface area contributed by atoms with Crippen molar-refractivity contribution in [3.8, 4) is 0 Å². The summed E-state index contributed by atoms with van der Waals surface area (Å²) in [6.07, 6.45) is 2.84. The molecule has 2 aliphatic rings. The van der Waals surface area contributed by atoms with E-state index in [2.05, 4.69) is 30.7 Å². The number of hydrogen-bond donors (Lipinski definition) is 4. The van der Waals surface area contributed by atoms with Crippen LogP contribution in [0.2, 0.25) is 10.0 Å². The minimum atomic E-state index is -2.28. The van der Waals surface area contributed by atoms with Crippen LogP contribution in [0.4, 0.5) is 0 Å². The molecule has 1 aliphatic heterocycles. The van der Waals surface area contributed by atoms with E-state index in [0.717, 1.165) is 12.8 Å². The molecule has 2 unspecified atom stereocenters. The first-order valence-corrected chi connectivity index (χ1v) is 13.9. The monoisotopic (exact) mass is 577 g/mol. The maximum Gasteiger partial charge on any atom is 0.255 e. The van der Waals surface area contributed by atoms with Gasteiger partial charge < -0.3 is 10.2 Å². The predicted molar refractivity (Wildman–Crippen MR) is 141 cm³/mol. The van der Waals surface area contributed by atoms with Crippen molar-refractivity contribution < 1.29 is 18.4 Å². The van der Waals surface area contributed by atoms with Crippen LogP contribution < -0.4 is 10.0 Å². The van der Waals surface area contributed by atoms with Gasteiger partial charge in [0, 0.05) is 27.7 Å². The van der Waals surface area contributed by atoms with Gasteiger partial charge in [0.15, 0.2) is 5.82 Å². The molecule has 0 bridgehead atoms. The van der Waals surface area contributed by atoms with E-state index in [9.17, 15) is 18.4 Å². The fourth-order valence-corrected chi connectivity index (χ4v) is 6.57. The number of aromatic amines is 1. The van der Waals surface area contributed by atoms with Crippen LogP contribution in [0.5, 0.6) is 0 Å². The number of H-pyrrole nitrogens is 1. The molecule has 14 heteroatoms. The molecule has 5 atom stereocenters. The summed E-state index contributed by atoms with van der Waals surface area (Å²) < 4.78 is 24.1. The third-order valence-corrected chi connectivity index (χ3v) is 8.16. The molecule has 2 amide bonds. The lowest BCUT2D eigenvalue weighted by atomic mass is 9.76. The maximum atomic E-state index is 14.1. The van der Waals surface area contributed by atoms with E-state index in [4.69, 9.17) is 23.2 Å². The minimum Gasteiger partial charge on any atom is -0.348 e. The molecule has 3 aromatic rings. The van der Waals surface area contributed by atoms with E-state index >= 15 is 0 Å². The second kappa shape index (κ2) is 11.5. The smallest absolute Gasteiger partial charge is 0.255 e. The zero-order valence-electron chi connectivity index (χ0n) is 20.0. The van der Waals surface area contributed by atoms with Crippen LogP contribution in [0.25, 0.3) is 0 Å². The van der Waals surface area contributed by atoms with Crippen LogP contribution in [-0.4, -0.2) is 58.2 Å². The first kappa shape index (κ1) is 26.7. The predicted octanol–water partition coefficient (Wildman–Crippen LogP) is 3.14. The third-order valence-electron chi connectivity index (χ3n) is 7.09. The molecule has 0 saturated heterocycles. The Labute approximate surface area is 231 Å². The maximum absolute atomic E-state index is 14.1. The number of tetrazole rings is 1. The number of aromatic nitrogens is 4. The van der Waals surface area contributed by atoms with E-state index in [1.807, 2.05) is 0 Å². The quantitative estimate of drug-likeness (QED) is 0.314. The van der Waals surface area contributed by atoms with Crippen LogP contribution in [0.3, 0.4) is 0 Å². The molecule has 2 aromatic carbocycles. The van der Waals surface area contributed by atoms with Crippen molar-refractivity contribution >= 4 is 46.3 Å². The molecule has 38 heavy (non-hydrogen) atoms. The molecule has 0 spiro atoms. The average molecular weight is 578 g/mol. The molecule has 0 radical (unpaired) electrons. The van der Waals surface area contributed by atoms with Crippen LogP contribution in [0, 0.1) is 0 Å². The van der Waals surface area contributed by atoms with Gasteiger partial charge in [-0.15, -0.1) is 10.2 Å². The van der Waals surface area contributed by atoms with Gasteiger partial charge in [-0.2, -0.15) is 5.21 Å². The summed E-state index contributed by atoms with van der Waals surface area (Å²) in [5, 5.41) is 17.3. The van der Waals surface area contributed by atoms with Gasteiger partial charge in [0.25, 0.3) is 5.91 Å². The fourth-order valence-electron chi connectivity index (χ4n) is 5.52. The van der Waals surface area contributed by atoms with E-state index in [1.54, 1.807) is 47.4 Å². The van der Waals surface area contributed by atoms with Crippen molar-refractivity contribution in [3.05, 3.63) is 75.0 Å². The van der Waals surface area contributed by atoms with E-state index < -0.39 is 35.3 Å². The Morgan fingerprint density at radius 1 is 1.16 bits per heavy atom. The Balaban J connectivity index is 1.65. The van der Waals surface area contributed by atoms with Gasteiger partial charge in [-0.1, -0.05) is 65.5 Å². The Morgan fingerprint density at radius 2 is 1.95 bits per heavy atom. The number of amides is 2. The molecule has 5 rings (SSSR count). The van der Waals surface area contributed by atoms with E-state index in [1.165, 1.54) is 0 Å². The van der Waals surface area contributed by atoms with Crippen molar-refractivity contribution in [1.29, 1.82) is 0 Å². The summed E-state index contributed by atoms with van der Waals surface area (Å²) in [7, 11) is 0. The molecule has 11 nitrogen and oxygen atoms in total. The number of halogens is 2. The van der Waals surface area contributed by atoms with Crippen molar-refractivity contribution in [2.24, 2.45) is 0 Å². The summed E-state index contributed by atoms with van der Waals surface area (Å²) in [5.41, 5.74) is 1.50. The number of carbonyl (C=O) groups is 2. The van der Waals surface area contributed by atoms with Gasteiger partial charge >= 0.3 is 0 Å². The second-order valence-corrected chi connectivity index (χ2v) is 10.8. The summed E-state index contributed by atoms with van der Waals surface area (Å²) in [6, 6.07) is 10.2. The zero-order valence-corrected chi connectivity index (χ0v) is 22.3. The Bertz CT molecular complexity index is 1360.